The van der Waals surface area contributed by atoms with Gasteiger partial charge in [-0.25, -0.2) is 4.98 Å². The van der Waals surface area contributed by atoms with E-state index in [0.717, 1.165) is 16.8 Å². The molecule has 45 heavy (non-hydrogen) atoms. The average molecular weight is 582 g/mol. The van der Waals surface area contributed by atoms with Gasteiger partial charge in [-0.3, -0.25) is 0 Å². The molecule has 0 N–H and O–H groups in total. The molecule has 0 aliphatic heterocycles. The summed E-state index contributed by atoms with van der Waals surface area (Å²) in [5.74, 6) is 0. The first-order valence-corrected chi connectivity index (χ1v) is 16.1. The Balaban J connectivity index is 1.43. The van der Waals surface area contributed by atoms with Crippen LogP contribution in [0.5, 0.6) is 0 Å². The van der Waals surface area contributed by atoms with Crippen LogP contribution in [0, 0.1) is 0 Å². The van der Waals surface area contributed by atoms with Crippen molar-refractivity contribution in [3.63, 3.8) is 0 Å². The maximum Gasteiger partial charge on any atom is 0.241 e. The Morgan fingerprint density at radius 1 is 0.467 bits per heavy atom. The minimum absolute atomic E-state index is 0.0977. The molecule has 220 valence electrons. The zero-order valence-electron chi connectivity index (χ0n) is 27.2. The Hall–Kier alpha value is -4.69. The van der Waals surface area contributed by atoms with E-state index in [0.29, 0.717) is 0 Å². The zero-order valence-corrected chi connectivity index (χ0v) is 27.2. The van der Waals surface area contributed by atoms with Crippen LogP contribution in [-0.4, -0.2) is 11.7 Å². The summed E-state index contributed by atoms with van der Waals surface area (Å²) in [7, 11) is 0. The van der Waals surface area contributed by atoms with Crippen molar-refractivity contribution in [1.82, 2.24) is 4.98 Å². The largest absolute Gasteiger partial charge is 0.247 e. The van der Waals surface area contributed by atoms with Gasteiger partial charge in [0.15, 0.2) is 0 Å². The van der Waals surface area contributed by atoms with Gasteiger partial charge in [0.05, 0.1) is 11.2 Å². The molecule has 0 aliphatic carbocycles. The predicted octanol–water partition coefficient (Wildman–Crippen LogP) is 9.32. The van der Waals surface area contributed by atoms with Crippen LogP contribution in [0.1, 0.15) is 52.7 Å². The number of fused-ring (bicyclic) bond motifs is 5. The summed E-state index contributed by atoms with van der Waals surface area (Å²) >= 11 is 0. The van der Waals surface area contributed by atoms with Gasteiger partial charge in [0.1, 0.15) is 0 Å². The number of pyridine rings is 1. The normalized spacial score (nSPS) is 12.2. The summed E-state index contributed by atoms with van der Waals surface area (Å²) in [6.45, 7) is 13.8. The van der Waals surface area contributed by atoms with Crippen LogP contribution < -0.4 is 16.4 Å². The van der Waals surface area contributed by atoms with Crippen molar-refractivity contribution in [2.45, 2.75) is 52.4 Å². The number of hydrogen-bond donors (Lipinski definition) is 0. The van der Waals surface area contributed by atoms with E-state index in [1.165, 1.54) is 54.4 Å². The summed E-state index contributed by atoms with van der Waals surface area (Å²) < 4.78 is 0. The van der Waals surface area contributed by atoms with Gasteiger partial charge >= 0.3 is 0 Å². The third-order valence-electron chi connectivity index (χ3n) is 9.30. The number of benzene rings is 6. The molecule has 0 bridgehead atoms. The van der Waals surface area contributed by atoms with Gasteiger partial charge in [-0.1, -0.05) is 185 Å². The van der Waals surface area contributed by atoms with Gasteiger partial charge in [0.25, 0.3) is 0 Å². The minimum Gasteiger partial charge on any atom is -0.247 e. The number of hydrogen-bond acceptors (Lipinski definition) is 1. The lowest BCUT2D eigenvalue weighted by molar-refractivity contribution is 0.590. The van der Waals surface area contributed by atoms with Gasteiger partial charge in [0.2, 0.25) is 6.71 Å². The van der Waals surface area contributed by atoms with Crippen molar-refractivity contribution < 1.29 is 0 Å². The molecule has 0 atom stereocenters. The topological polar surface area (TPSA) is 12.9 Å². The first-order chi connectivity index (χ1) is 21.6. The second-order valence-corrected chi connectivity index (χ2v) is 14.5. The Kier molecular flexibility index (Phi) is 7.12. The van der Waals surface area contributed by atoms with Crippen LogP contribution >= 0.6 is 0 Å². The van der Waals surface area contributed by atoms with Crippen LogP contribution in [-0.2, 0) is 10.8 Å². The predicted molar refractivity (Wildman–Crippen MR) is 197 cm³/mol. The molecule has 0 saturated heterocycles. The quantitative estimate of drug-likeness (QED) is 0.149. The SMILES string of the molecule is CC(C)(C)c1ccc(B(c2ccc(C(C)(C)C)cc2)c2cccc(-c3nc4ccccc4c4c3ccc3ccccc34)c2)cc1. The Bertz CT molecular complexity index is 2090. The smallest absolute Gasteiger partial charge is 0.241 e. The lowest BCUT2D eigenvalue weighted by atomic mass is 9.36. The van der Waals surface area contributed by atoms with Crippen molar-refractivity contribution in [1.29, 1.82) is 0 Å². The molecule has 0 saturated carbocycles. The zero-order chi connectivity index (χ0) is 31.3. The number of nitrogens with zero attached hydrogens (tertiary/aromatic N) is 1. The molecular weight excluding hydrogens is 541 g/mol. The molecule has 1 aromatic heterocycles. The molecule has 6 aromatic carbocycles. The van der Waals surface area contributed by atoms with Gasteiger partial charge in [0, 0.05) is 21.7 Å². The number of rotatable bonds is 4. The van der Waals surface area contributed by atoms with E-state index in [1.54, 1.807) is 0 Å². The van der Waals surface area contributed by atoms with Gasteiger partial charge < -0.3 is 0 Å². The van der Waals surface area contributed by atoms with Gasteiger partial charge in [-0.05, 0) is 38.8 Å². The Morgan fingerprint density at radius 2 is 1.04 bits per heavy atom. The fourth-order valence-corrected chi connectivity index (χ4v) is 6.74. The molecule has 0 spiro atoms. The van der Waals surface area contributed by atoms with E-state index >= 15 is 0 Å². The van der Waals surface area contributed by atoms with Crippen LogP contribution in [0.2, 0.25) is 0 Å². The minimum atomic E-state index is 0.0977. The van der Waals surface area contributed by atoms with E-state index in [2.05, 4.69) is 175 Å². The fourth-order valence-electron chi connectivity index (χ4n) is 6.74. The molecule has 0 aliphatic rings. The molecule has 1 heterocycles. The second kappa shape index (κ2) is 11.0. The van der Waals surface area contributed by atoms with E-state index in [9.17, 15) is 0 Å². The molecule has 7 aromatic rings. The van der Waals surface area contributed by atoms with Crippen LogP contribution in [0.25, 0.3) is 43.7 Å². The highest BCUT2D eigenvalue weighted by molar-refractivity contribution is 6.95. The summed E-state index contributed by atoms with van der Waals surface area (Å²) in [6.07, 6.45) is 0. The fraction of sp³-hybridized carbons (Fsp3) is 0.186. The summed E-state index contributed by atoms with van der Waals surface area (Å²) in [4.78, 5) is 5.30. The third kappa shape index (κ3) is 5.44. The number of para-hydroxylation sites is 1. The molecule has 1 nitrogen and oxygen atoms in total. The van der Waals surface area contributed by atoms with Crippen LogP contribution in [0.15, 0.2) is 133 Å². The van der Waals surface area contributed by atoms with Crippen LogP contribution in [0.3, 0.4) is 0 Å². The summed E-state index contributed by atoms with van der Waals surface area (Å²) in [5, 5.41) is 6.16. The molecule has 2 heteroatoms. The van der Waals surface area contributed by atoms with Crippen molar-refractivity contribution in [3.8, 4) is 11.3 Å². The first kappa shape index (κ1) is 29.0. The maximum atomic E-state index is 5.30. The monoisotopic (exact) mass is 581 g/mol. The molecule has 7 rings (SSSR count). The van der Waals surface area contributed by atoms with Crippen molar-refractivity contribution >= 4 is 55.5 Å². The lowest BCUT2D eigenvalue weighted by Crippen LogP contribution is -2.52. The van der Waals surface area contributed by atoms with Crippen molar-refractivity contribution in [2.75, 3.05) is 0 Å². The van der Waals surface area contributed by atoms with Crippen molar-refractivity contribution in [3.05, 3.63) is 145 Å². The second-order valence-electron chi connectivity index (χ2n) is 14.5. The molecule has 0 amide bonds. The standard InChI is InChI=1S/C43H40BN/c1-42(2,3)31-19-23-33(24-20-31)44(34-25-21-32(22-26-34)43(4,5)6)35-14-11-13-30(28-35)41-38-27-18-29-12-7-8-15-36(29)40(38)37-16-9-10-17-39(37)45-41/h7-28H,1-6H3. The van der Waals surface area contributed by atoms with Crippen molar-refractivity contribution in [2.24, 2.45) is 0 Å². The maximum absolute atomic E-state index is 5.30. The highest BCUT2D eigenvalue weighted by Crippen LogP contribution is 2.36. The van der Waals surface area contributed by atoms with E-state index < -0.39 is 0 Å². The first-order valence-electron chi connectivity index (χ1n) is 16.1. The third-order valence-corrected chi connectivity index (χ3v) is 9.30. The summed E-state index contributed by atoms with van der Waals surface area (Å²) in [6, 6.07) is 49.3. The van der Waals surface area contributed by atoms with E-state index in [1.807, 2.05) is 0 Å². The van der Waals surface area contributed by atoms with Crippen LogP contribution in [0.4, 0.5) is 0 Å². The Labute approximate surface area is 268 Å². The molecule has 0 radical (unpaired) electrons. The van der Waals surface area contributed by atoms with Gasteiger partial charge in [-0.15, -0.1) is 0 Å². The Morgan fingerprint density at radius 3 is 1.67 bits per heavy atom. The highest BCUT2D eigenvalue weighted by Gasteiger charge is 2.25. The van der Waals surface area contributed by atoms with Gasteiger partial charge in [-0.2, -0.15) is 0 Å². The molecule has 0 fully saturated rings. The van der Waals surface area contributed by atoms with E-state index in [4.69, 9.17) is 4.98 Å². The lowest BCUT2D eigenvalue weighted by Gasteiger charge is -2.23. The summed E-state index contributed by atoms with van der Waals surface area (Å²) in [5.41, 5.74) is 9.96. The molecular formula is C43H40BN. The average Bonchev–Trinajstić information content (AvgIpc) is 3.04. The number of aromatic nitrogens is 1. The van der Waals surface area contributed by atoms with E-state index in [-0.39, 0.29) is 17.5 Å². The molecule has 0 unspecified atom stereocenters. The highest BCUT2D eigenvalue weighted by atomic mass is 14.7.